The third-order valence-corrected chi connectivity index (χ3v) is 5.94. The number of sulfonamides is 1. The molecular formula is C22H22BrClFN2O3S-. The van der Waals surface area contributed by atoms with E-state index in [9.17, 15) is 12.8 Å². The average Bonchev–Trinajstić information content (AvgIpc) is 2.71. The molecule has 0 bridgehead atoms. The highest BCUT2D eigenvalue weighted by molar-refractivity contribution is 9.10. The van der Waals surface area contributed by atoms with Gasteiger partial charge < -0.3 is 22.5 Å². The van der Waals surface area contributed by atoms with Crippen LogP contribution in [0.4, 0.5) is 4.39 Å². The van der Waals surface area contributed by atoms with Crippen LogP contribution < -0.4 is 27.6 Å². The minimum absolute atomic E-state index is 0. The summed E-state index contributed by atoms with van der Waals surface area (Å²) in [6, 6.07) is 18.8. The van der Waals surface area contributed by atoms with Gasteiger partial charge in [0, 0.05) is 22.1 Å². The van der Waals surface area contributed by atoms with Crippen molar-refractivity contribution in [2.24, 2.45) is 5.14 Å². The first-order valence-electron chi connectivity index (χ1n) is 9.30. The number of primary sulfonamides is 1. The Kier molecular flexibility index (Phi) is 9.46. The Morgan fingerprint density at radius 2 is 1.71 bits per heavy atom. The first kappa shape index (κ1) is 25.3. The SMILES string of the molecule is NS(=O)(=O)c1ccc(CCNCc2cc(Br)ccc2OCc2ccccc2F)cc1.[Cl-]. The molecule has 0 fully saturated rings. The van der Waals surface area contributed by atoms with E-state index in [-0.39, 0.29) is 29.7 Å². The van der Waals surface area contributed by atoms with E-state index in [4.69, 9.17) is 9.88 Å². The smallest absolute Gasteiger partial charge is 0.238 e. The number of hydrogen-bond acceptors (Lipinski definition) is 4. The fraction of sp³-hybridized carbons (Fsp3) is 0.182. The van der Waals surface area contributed by atoms with E-state index in [1.807, 2.05) is 18.2 Å². The van der Waals surface area contributed by atoms with Gasteiger partial charge in [-0.1, -0.05) is 46.3 Å². The van der Waals surface area contributed by atoms with Crippen LogP contribution in [0.2, 0.25) is 0 Å². The highest BCUT2D eigenvalue weighted by Gasteiger charge is 2.08. The van der Waals surface area contributed by atoms with Gasteiger partial charge in [0.15, 0.2) is 0 Å². The monoisotopic (exact) mass is 527 g/mol. The lowest BCUT2D eigenvalue weighted by molar-refractivity contribution is -0.00000954. The molecule has 0 aromatic heterocycles. The summed E-state index contributed by atoms with van der Waals surface area (Å²) < 4.78 is 43.2. The predicted octanol–water partition coefficient (Wildman–Crippen LogP) is 1.15. The van der Waals surface area contributed by atoms with Crippen molar-refractivity contribution in [1.82, 2.24) is 5.32 Å². The summed E-state index contributed by atoms with van der Waals surface area (Å²) in [7, 11) is -3.68. The van der Waals surface area contributed by atoms with E-state index in [0.717, 1.165) is 22.0 Å². The molecule has 3 rings (SSSR count). The van der Waals surface area contributed by atoms with Crippen LogP contribution in [0.3, 0.4) is 0 Å². The molecule has 3 aromatic rings. The van der Waals surface area contributed by atoms with Crippen LogP contribution in [-0.2, 0) is 29.6 Å². The Labute approximate surface area is 196 Å². The quantitative estimate of drug-likeness (QED) is 0.409. The number of ether oxygens (including phenoxy) is 1. The van der Waals surface area contributed by atoms with Crippen molar-refractivity contribution in [3.63, 3.8) is 0 Å². The second-order valence-electron chi connectivity index (χ2n) is 6.75. The van der Waals surface area contributed by atoms with E-state index in [2.05, 4.69) is 21.2 Å². The van der Waals surface area contributed by atoms with Gasteiger partial charge in [-0.15, -0.1) is 0 Å². The molecule has 0 radical (unpaired) electrons. The summed E-state index contributed by atoms with van der Waals surface area (Å²) >= 11 is 3.47. The lowest BCUT2D eigenvalue weighted by Gasteiger charge is -2.13. The third kappa shape index (κ3) is 7.59. The minimum Gasteiger partial charge on any atom is -1.00 e. The molecule has 9 heteroatoms. The highest BCUT2D eigenvalue weighted by atomic mass is 79.9. The summed E-state index contributed by atoms with van der Waals surface area (Å²) in [5, 5.41) is 8.47. The van der Waals surface area contributed by atoms with Crippen LogP contribution in [0.25, 0.3) is 0 Å². The molecule has 0 unspecified atom stereocenters. The van der Waals surface area contributed by atoms with Crippen molar-refractivity contribution in [3.8, 4) is 5.75 Å². The zero-order valence-corrected chi connectivity index (χ0v) is 19.7. The maximum Gasteiger partial charge on any atom is 0.238 e. The minimum atomic E-state index is -3.68. The zero-order chi connectivity index (χ0) is 21.6. The first-order chi connectivity index (χ1) is 14.3. The molecule has 3 aromatic carbocycles. The molecule has 0 aliphatic carbocycles. The Hall–Kier alpha value is -1.97. The van der Waals surface area contributed by atoms with Gasteiger partial charge in [-0.2, -0.15) is 0 Å². The zero-order valence-electron chi connectivity index (χ0n) is 16.5. The Balaban J connectivity index is 0.00000341. The van der Waals surface area contributed by atoms with Crippen molar-refractivity contribution >= 4 is 26.0 Å². The van der Waals surface area contributed by atoms with E-state index >= 15 is 0 Å². The van der Waals surface area contributed by atoms with Crippen LogP contribution >= 0.6 is 15.9 Å². The lowest BCUT2D eigenvalue weighted by Crippen LogP contribution is -3.00. The van der Waals surface area contributed by atoms with Crippen molar-refractivity contribution in [1.29, 1.82) is 0 Å². The molecule has 0 aliphatic heterocycles. The van der Waals surface area contributed by atoms with Gasteiger partial charge in [-0.3, -0.25) is 0 Å². The molecule has 0 aliphatic rings. The van der Waals surface area contributed by atoms with Crippen molar-refractivity contribution in [2.75, 3.05) is 6.54 Å². The average molecular weight is 529 g/mol. The second kappa shape index (κ2) is 11.6. The Bertz CT molecular complexity index is 1110. The fourth-order valence-corrected chi connectivity index (χ4v) is 3.82. The molecule has 166 valence electrons. The summed E-state index contributed by atoms with van der Waals surface area (Å²) in [4.78, 5) is 0.102. The van der Waals surface area contributed by atoms with Crippen molar-refractivity contribution in [2.45, 2.75) is 24.5 Å². The van der Waals surface area contributed by atoms with E-state index in [0.29, 0.717) is 24.4 Å². The molecule has 5 nitrogen and oxygen atoms in total. The predicted molar refractivity (Wildman–Crippen MR) is 118 cm³/mol. The first-order valence-corrected chi connectivity index (χ1v) is 11.6. The van der Waals surface area contributed by atoms with E-state index in [1.54, 1.807) is 30.3 Å². The van der Waals surface area contributed by atoms with Gasteiger partial charge in [-0.25, -0.2) is 17.9 Å². The molecule has 3 N–H and O–H groups in total. The van der Waals surface area contributed by atoms with Crippen LogP contribution in [0.15, 0.2) is 76.1 Å². The fourth-order valence-electron chi connectivity index (χ4n) is 2.90. The second-order valence-corrected chi connectivity index (χ2v) is 9.22. The largest absolute Gasteiger partial charge is 1.00 e. The van der Waals surface area contributed by atoms with Crippen LogP contribution in [0.5, 0.6) is 5.75 Å². The van der Waals surface area contributed by atoms with Gasteiger partial charge in [0.25, 0.3) is 0 Å². The number of nitrogens with one attached hydrogen (secondary N) is 1. The molecule has 0 saturated carbocycles. The van der Waals surface area contributed by atoms with Crippen LogP contribution in [0, 0.1) is 5.82 Å². The van der Waals surface area contributed by atoms with Gasteiger partial charge >= 0.3 is 0 Å². The third-order valence-electron chi connectivity index (χ3n) is 4.52. The molecule has 31 heavy (non-hydrogen) atoms. The maximum atomic E-state index is 13.8. The van der Waals surface area contributed by atoms with E-state index < -0.39 is 10.0 Å². The number of hydrogen-bond donors (Lipinski definition) is 2. The van der Waals surface area contributed by atoms with Crippen molar-refractivity contribution < 1.29 is 30.0 Å². The standard InChI is InChI=1S/C22H22BrFN2O3S.ClH/c23-19-7-10-22(29-15-17-3-1-2-4-21(17)24)18(13-19)14-26-12-11-16-5-8-20(9-6-16)30(25,27)28;/h1-10,13,26H,11-12,14-15H2,(H2,25,27,28);1H/p-1. The number of benzene rings is 3. The van der Waals surface area contributed by atoms with Crippen LogP contribution in [-0.4, -0.2) is 15.0 Å². The lowest BCUT2D eigenvalue weighted by atomic mass is 10.1. The maximum absolute atomic E-state index is 13.8. The van der Waals surface area contributed by atoms with E-state index in [1.165, 1.54) is 18.2 Å². The van der Waals surface area contributed by atoms with Crippen LogP contribution in [0.1, 0.15) is 16.7 Å². The molecular weight excluding hydrogens is 507 g/mol. The number of halogens is 3. The summed E-state index contributed by atoms with van der Waals surface area (Å²) in [5.74, 6) is 0.397. The van der Waals surface area contributed by atoms with Crippen molar-refractivity contribution in [3.05, 3.63) is 93.7 Å². The molecule has 0 amide bonds. The topological polar surface area (TPSA) is 81.4 Å². The van der Waals surface area contributed by atoms with Gasteiger partial charge in [0.2, 0.25) is 10.0 Å². The molecule has 0 heterocycles. The Morgan fingerprint density at radius 3 is 2.39 bits per heavy atom. The normalized spacial score (nSPS) is 11.1. The summed E-state index contributed by atoms with van der Waals surface area (Å²) in [6.07, 6.45) is 0.727. The molecule has 0 spiro atoms. The number of rotatable bonds is 9. The Morgan fingerprint density at radius 1 is 1.00 bits per heavy atom. The number of nitrogens with two attached hydrogens (primary N) is 1. The molecule has 0 atom stereocenters. The van der Waals surface area contributed by atoms with Gasteiger partial charge in [-0.05, 0) is 54.9 Å². The summed E-state index contributed by atoms with van der Waals surface area (Å²) in [6.45, 7) is 1.41. The molecule has 0 saturated heterocycles. The summed E-state index contributed by atoms with van der Waals surface area (Å²) in [5.41, 5.74) is 2.45. The van der Waals surface area contributed by atoms with Gasteiger partial charge in [0.05, 0.1) is 4.90 Å². The van der Waals surface area contributed by atoms with Gasteiger partial charge in [0.1, 0.15) is 18.2 Å². The highest BCUT2D eigenvalue weighted by Crippen LogP contribution is 2.24.